The van der Waals surface area contributed by atoms with Crippen molar-refractivity contribution in [3.63, 3.8) is 0 Å². The largest absolute Gasteiger partial charge is 0.513 e. The molecule has 1 aromatic carbocycles. The standard InChI is InChI=1S/C17H20ClNO6/c1-9-14(24-16(20)22-3)13(11-5-7-12(18)8-6-11)15(10(2)19-9)25-17(21)23-4/h5-9,13-14,19H,1-4H3. The molecule has 0 aliphatic carbocycles. The first-order chi connectivity index (χ1) is 11.9. The van der Waals surface area contributed by atoms with Crippen LogP contribution in [0.4, 0.5) is 9.59 Å². The van der Waals surface area contributed by atoms with Crippen LogP contribution in [0.25, 0.3) is 0 Å². The van der Waals surface area contributed by atoms with E-state index in [9.17, 15) is 9.59 Å². The average molecular weight is 370 g/mol. The molecule has 7 nitrogen and oxygen atoms in total. The van der Waals surface area contributed by atoms with Crippen LogP contribution in [0, 0.1) is 0 Å². The zero-order valence-electron chi connectivity index (χ0n) is 14.4. The van der Waals surface area contributed by atoms with Gasteiger partial charge in [0.2, 0.25) is 0 Å². The molecule has 0 radical (unpaired) electrons. The van der Waals surface area contributed by atoms with E-state index in [1.807, 2.05) is 6.92 Å². The fourth-order valence-electron chi connectivity index (χ4n) is 2.78. The summed E-state index contributed by atoms with van der Waals surface area (Å²) in [4.78, 5) is 23.3. The van der Waals surface area contributed by atoms with E-state index in [1.54, 1.807) is 31.2 Å². The molecule has 1 heterocycles. The first-order valence-electron chi connectivity index (χ1n) is 7.60. The number of allylic oxidation sites excluding steroid dienone is 1. The van der Waals surface area contributed by atoms with Gasteiger partial charge in [0.05, 0.1) is 26.2 Å². The summed E-state index contributed by atoms with van der Waals surface area (Å²) in [6.07, 6.45) is -2.35. The molecule has 0 spiro atoms. The van der Waals surface area contributed by atoms with Gasteiger partial charge < -0.3 is 24.3 Å². The van der Waals surface area contributed by atoms with Crippen molar-refractivity contribution in [2.24, 2.45) is 0 Å². The molecule has 1 aliphatic heterocycles. The van der Waals surface area contributed by atoms with Crippen molar-refractivity contribution in [1.82, 2.24) is 5.32 Å². The molecule has 2 rings (SSSR count). The van der Waals surface area contributed by atoms with Crippen molar-refractivity contribution < 1.29 is 28.5 Å². The van der Waals surface area contributed by atoms with Crippen LogP contribution < -0.4 is 5.32 Å². The maximum Gasteiger partial charge on any atom is 0.513 e. The number of hydrogen-bond donors (Lipinski definition) is 1. The van der Waals surface area contributed by atoms with Gasteiger partial charge in [-0.1, -0.05) is 23.7 Å². The Hall–Kier alpha value is -2.41. The highest BCUT2D eigenvalue weighted by Gasteiger charge is 2.41. The molecule has 1 aliphatic rings. The fraction of sp³-hybridized carbons (Fsp3) is 0.412. The van der Waals surface area contributed by atoms with Gasteiger partial charge in [-0.3, -0.25) is 0 Å². The Morgan fingerprint density at radius 2 is 1.68 bits per heavy atom. The second-order valence-corrected chi connectivity index (χ2v) is 5.98. The molecule has 3 unspecified atom stereocenters. The Balaban J connectivity index is 2.49. The van der Waals surface area contributed by atoms with E-state index in [-0.39, 0.29) is 6.04 Å². The normalized spacial score (nSPS) is 22.7. The van der Waals surface area contributed by atoms with Crippen LogP contribution in [-0.2, 0) is 18.9 Å². The summed E-state index contributed by atoms with van der Waals surface area (Å²) in [6.45, 7) is 3.63. The van der Waals surface area contributed by atoms with Crippen molar-refractivity contribution in [3.05, 3.63) is 46.3 Å². The lowest BCUT2D eigenvalue weighted by Gasteiger charge is -2.38. The monoisotopic (exact) mass is 369 g/mol. The van der Waals surface area contributed by atoms with Crippen LogP contribution in [0.1, 0.15) is 25.3 Å². The van der Waals surface area contributed by atoms with Gasteiger partial charge >= 0.3 is 12.3 Å². The zero-order chi connectivity index (χ0) is 18.6. The maximum atomic E-state index is 11.7. The van der Waals surface area contributed by atoms with Crippen molar-refractivity contribution >= 4 is 23.9 Å². The number of ether oxygens (including phenoxy) is 4. The third kappa shape index (κ3) is 4.36. The number of methoxy groups -OCH3 is 2. The number of nitrogens with one attached hydrogen (secondary N) is 1. The summed E-state index contributed by atoms with van der Waals surface area (Å²) in [5.74, 6) is -0.229. The summed E-state index contributed by atoms with van der Waals surface area (Å²) in [5.41, 5.74) is 1.41. The summed E-state index contributed by atoms with van der Waals surface area (Å²) < 4.78 is 20.0. The van der Waals surface area contributed by atoms with Crippen LogP contribution in [0.15, 0.2) is 35.7 Å². The Labute approximate surface area is 150 Å². The molecular formula is C17H20ClNO6. The topological polar surface area (TPSA) is 83.1 Å². The molecule has 25 heavy (non-hydrogen) atoms. The Morgan fingerprint density at radius 3 is 2.24 bits per heavy atom. The third-order valence-corrected chi connectivity index (χ3v) is 4.16. The number of carbonyl (C=O) groups is 2. The first kappa shape index (κ1) is 18.9. The first-order valence-corrected chi connectivity index (χ1v) is 7.98. The van der Waals surface area contributed by atoms with Crippen LogP contribution in [0.5, 0.6) is 0 Å². The molecule has 1 N–H and O–H groups in total. The van der Waals surface area contributed by atoms with E-state index in [4.69, 9.17) is 21.1 Å². The number of rotatable bonds is 3. The van der Waals surface area contributed by atoms with Crippen molar-refractivity contribution in [2.75, 3.05) is 14.2 Å². The lowest BCUT2D eigenvalue weighted by Crippen LogP contribution is -2.48. The van der Waals surface area contributed by atoms with E-state index < -0.39 is 24.3 Å². The Morgan fingerprint density at radius 1 is 1.08 bits per heavy atom. The summed E-state index contributed by atoms with van der Waals surface area (Å²) in [7, 11) is 2.45. The number of halogens is 1. The van der Waals surface area contributed by atoms with Crippen LogP contribution >= 0.6 is 11.6 Å². The predicted octanol–water partition coefficient (Wildman–Crippen LogP) is 3.58. The molecule has 0 fully saturated rings. The smallest absolute Gasteiger partial charge is 0.438 e. The molecule has 8 heteroatoms. The van der Waals surface area contributed by atoms with Crippen LogP contribution in [0.3, 0.4) is 0 Å². The lowest BCUT2D eigenvalue weighted by atomic mass is 9.84. The predicted molar refractivity (Wildman–Crippen MR) is 90.3 cm³/mol. The minimum absolute atomic E-state index is 0.246. The number of hydrogen-bond acceptors (Lipinski definition) is 7. The summed E-state index contributed by atoms with van der Waals surface area (Å²) in [6, 6.07) is 6.75. The molecular weight excluding hydrogens is 350 g/mol. The van der Waals surface area contributed by atoms with Gasteiger partial charge in [0.15, 0.2) is 0 Å². The zero-order valence-corrected chi connectivity index (χ0v) is 15.1. The van der Waals surface area contributed by atoms with Gasteiger partial charge in [-0.2, -0.15) is 0 Å². The van der Waals surface area contributed by atoms with Crippen molar-refractivity contribution in [3.8, 4) is 0 Å². The SMILES string of the molecule is COC(=O)OC1=C(C)NC(C)C(OC(=O)OC)C1c1ccc(Cl)cc1. The maximum absolute atomic E-state index is 11.7. The molecule has 0 saturated heterocycles. The number of carbonyl (C=O) groups excluding carboxylic acids is 2. The van der Waals surface area contributed by atoms with Gasteiger partial charge in [-0.25, -0.2) is 9.59 Å². The second kappa shape index (κ2) is 8.11. The highest BCUT2D eigenvalue weighted by molar-refractivity contribution is 6.30. The van der Waals surface area contributed by atoms with Crippen molar-refractivity contribution in [2.45, 2.75) is 31.9 Å². The average Bonchev–Trinajstić information content (AvgIpc) is 2.59. The Kier molecular flexibility index (Phi) is 6.14. The van der Waals surface area contributed by atoms with Crippen molar-refractivity contribution in [1.29, 1.82) is 0 Å². The molecule has 0 bridgehead atoms. The van der Waals surface area contributed by atoms with Crippen LogP contribution in [-0.4, -0.2) is 38.7 Å². The quantitative estimate of drug-likeness (QED) is 0.815. The van der Waals surface area contributed by atoms with E-state index >= 15 is 0 Å². The summed E-state index contributed by atoms with van der Waals surface area (Å²) >= 11 is 5.96. The molecule has 136 valence electrons. The fourth-order valence-corrected chi connectivity index (χ4v) is 2.90. The van der Waals surface area contributed by atoms with Gasteiger partial charge in [0, 0.05) is 10.7 Å². The molecule has 3 atom stereocenters. The third-order valence-electron chi connectivity index (χ3n) is 3.91. The molecule has 0 aromatic heterocycles. The van der Waals surface area contributed by atoms with Gasteiger partial charge in [-0.05, 0) is 31.5 Å². The minimum Gasteiger partial charge on any atom is -0.438 e. The second-order valence-electron chi connectivity index (χ2n) is 5.54. The van der Waals surface area contributed by atoms with E-state index in [1.165, 1.54) is 14.2 Å². The number of benzene rings is 1. The highest BCUT2D eigenvalue weighted by atomic mass is 35.5. The van der Waals surface area contributed by atoms with Gasteiger partial charge in [0.25, 0.3) is 0 Å². The lowest BCUT2D eigenvalue weighted by molar-refractivity contribution is 0.00351. The minimum atomic E-state index is -0.860. The summed E-state index contributed by atoms with van der Waals surface area (Å²) in [5, 5.41) is 3.70. The van der Waals surface area contributed by atoms with Gasteiger partial charge in [0.1, 0.15) is 11.9 Å². The molecule has 0 amide bonds. The molecule has 1 aromatic rings. The van der Waals surface area contributed by atoms with E-state index in [0.717, 1.165) is 5.56 Å². The van der Waals surface area contributed by atoms with E-state index in [0.29, 0.717) is 16.5 Å². The van der Waals surface area contributed by atoms with Crippen LogP contribution in [0.2, 0.25) is 5.02 Å². The highest BCUT2D eigenvalue weighted by Crippen LogP contribution is 2.37. The Bertz CT molecular complexity index is 672. The molecule has 0 saturated carbocycles. The van der Waals surface area contributed by atoms with E-state index in [2.05, 4.69) is 14.8 Å². The van der Waals surface area contributed by atoms with Gasteiger partial charge in [-0.15, -0.1) is 0 Å².